The zero-order valence-electron chi connectivity index (χ0n) is 16.9. The molecule has 0 unspecified atom stereocenters. The summed E-state index contributed by atoms with van der Waals surface area (Å²) < 4.78 is 2.18. The largest absolute Gasteiger partial charge is 0.357 e. The quantitative estimate of drug-likeness (QED) is 0.200. The Morgan fingerprint density at radius 2 is 1.80 bits per heavy atom. The zero-order valence-corrected chi connectivity index (χ0v) is 20.1. The van der Waals surface area contributed by atoms with Gasteiger partial charge in [0.25, 0.3) is 0 Å². The maximum Gasteiger partial charge on any atom is 0.191 e. The van der Waals surface area contributed by atoms with E-state index in [4.69, 9.17) is 0 Å². The minimum absolute atomic E-state index is 0. The number of halogens is 1. The molecule has 0 fully saturated rings. The number of benzene rings is 2. The number of rotatable bonds is 7. The molecule has 5 nitrogen and oxygen atoms in total. The van der Waals surface area contributed by atoms with Gasteiger partial charge in [-0.3, -0.25) is 0 Å². The van der Waals surface area contributed by atoms with Gasteiger partial charge in [-0.2, -0.15) is 11.3 Å². The summed E-state index contributed by atoms with van der Waals surface area (Å²) in [5.41, 5.74) is 5.92. The van der Waals surface area contributed by atoms with E-state index in [1.807, 2.05) is 18.5 Å². The molecule has 2 heterocycles. The lowest BCUT2D eigenvalue weighted by Gasteiger charge is -2.12. The van der Waals surface area contributed by atoms with Crippen molar-refractivity contribution < 1.29 is 0 Å². The Hall–Kier alpha value is -2.39. The fourth-order valence-electron chi connectivity index (χ4n) is 3.18. The van der Waals surface area contributed by atoms with Crippen molar-refractivity contribution in [2.45, 2.75) is 26.6 Å². The number of nitrogens with zero attached hydrogens (tertiary/aromatic N) is 3. The third kappa shape index (κ3) is 5.82. The van der Waals surface area contributed by atoms with Crippen molar-refractivity contribution in [1.82, 2.24) is 20.2 Å². The number of guanidine groups is 1. The number of fused-ring (bicyclic) bond motifs is 1. The van der Waals surface area contributed by atoms with Crippen LogP contribution in [0.5, 0.6) is 0 Å². The minimum Gasteiger partial charge on any atom is -0.357 e. The normalized spacial score (nSPS) is 11.3. The van der Waals surface area contributed by atoms with E-state index in [1.54, 1.807) is 11.3 Å². The molecule has 0 amide bonds. The predicted molar refractivity (Wildman–Crippen MR) is 137 cm³/mol. The van der Waals surface area contributed by atoms with E-state index >= 15 is 0 Å². The lowest BCUT2D eigenvalue weighted by Crippen LogP contribution is -2.36. The Labute approximate surface area is 198 Å². The second-order valence-electron chi connectivity index (χ2n) is 6.86. The van der Waals surface area contributed by atoms with Gasteiger partial charge in [0.1, 0.15) is 0 Å². The summed E-state index contributed by atoms with van der Waals surface area (Å²) in [6.07, 6.45) is 1.91. The van der Waals surface area contributed by atoms with Gasteiger partial charge in [-0.05, 0) is 52.6 Å². The Bertz CT molecular complexity index is 1070. The lowest BCUT2D eigenvalue weighted by molar-refractivity contribution is 0.809. The summed E-state index contributed by atoms with van der Waals surface area (Å²) in [5, 5.41) is 10.9. The molecule has 0 spiro atoms. The van der Waals surface area contributed by atoms with Gasteiger partial charge in [-0.25, -0.2) is 9.98 Å². The van der Waals surface area contributed by atoms with Crippen LogP contribution in [0, 0.1) is 0 Å². The first-order valence-corrected chi connectivity index (χ1v) is 10.8. The molecule has 0 aliphatic heterocycles. The van der Waals surface area contributed by atoms with E-state index in [9.17, 15) is 0 Å². The maximum atomic E-state index is 4.66. The summed E-state index contributed by atoms with van der Waals surface area (Å²) >= 11 is 1.70. The van der Waals surface area contributed by atoms with Crippen molar-refractivity contribution in [2.24, 2.45) is 4.99 Å². The van der Waals surface area contributed by atoms with Gasteiger partial charge in [0.05, 0.1) is 23.9 Å². The van der Waals surface area contributed by atoms with Crippen LogP contribution in [0.3, 0.4) is 0 Å². The van der Waals surface area contributed by atoms with Crippen molar-refractivity contribution in [2.75, 3.05) is 6.54 Å². The Morgan fingerprint density at radius 1 is 1.00 bits per heavy atom. The van der Waals surface area contributed by atoms with Crippen LogP contribution in [-0.4, -0.2) is 22.1 Å². The zero-order chi connectivity index (χ0) is 19.9. The van der Waals surface area contributed by atoms with Crippen molar-refractivity contribution in [3.8, 4) is 0 Å². The molecular weight excluding hydrogens is 505 g/mol. The Kier molecular flexibility index (Phi) is 8.27. The average Bonchev–Trinajstić information content (AvgIpc) is 3.42. The van der Waals surface area contributed by atoms with Crippen LogP contribution in [0.25, 0.3) is 11.0 Å². The molecule has 0 bridgehead atoms. The molecule has 0 saturated heterocycles. The Morgan fingerprint density at radius 3 is 2.57 bits per heavy atom. The first-order chi connectivity index (χ1) is 14.3. The van der Waals surface area contributed by atoms with E-state index in [2.05, 4.69) is 85.3 Å². The minimum atomic E-state index is 0. The molecule has 30 heavy (non-hydrogen) atoms. The molecule has 2 N–H and O–H groups in total. The van der Waals surface area contributed by atoms with Crippen LogP contribution in [0.1, 0.15) is 23.6 Å². The molecule has 2 aromatic carbocycles. The molecule has 0 aliphatic carbocycles. The number of para-hydroxylation sites is 2. The fraction of sp³-hybridized carbons (Fsp3) is 0.217. The summed E-state index contributed by atoms with van der Waals surface area (Å²) in [6.45, 7) is 5.17. The third-order valence-corrected chi connectivity index (χ3v) is 5.44. The highest BCUT2D eigenvalue weighted by molar-refractivity contribution is 14.0. The second-order valence-corrected chi connectivity index (χ2v) is 7.64. The molecule has 4 aromatic rings. The van der Waals surface area contributed by atoms with Crippen molar-refractivity contribution in [3.05, 3.63) is 88.4 Å². The number of hydrogen-bond donors (Lipinski definition) is 2. The van der Waals surface area contributed by atoms with Crippen LogP contribution in [-0.2, 0) is 19.6 Å². The number of nitrogens with one attached hydrogen (secondary N) is 2. The summed E-state index contributed by atoms with van der Waals surface area (Å²) in [4.78, 5) is 9.13. The topological polar surface area (TPSA) is 54.2 Å². The van der Waals surface area contributed by atoms with Gasteiger partial charge in [0, 0.05) is 19.6 Å². The summed E-state index contributed by atoms with van der Waals surface area (Å²) in [6, 6.07) is 19.0. The SMILES string of the molecule is CCNC(=NCc1ccsc1)NCc1ccc(Cn2cnc3ccccc32)cc1.I. The second kappa shape index (κ2) is 11.1. The van der Waals surface area contributed by atoms with Gasteiger partial charge in [-0.1, -0.05) is 36.4 Å². The van der Waals surface area contributed by atoms with Crippen molar-refractivity contribution in [1.29, 1.82) is 0 Å². The van der Waals surface area contributed by atoms with E-state index in [0.29, 0.717) is 6.54 Å². The molecular formula is C23H26IN5S. The molecule has 0 aliphatic rings. The maximum absolute atomic E-state index is 4.66. The Balaban J connectivity index is 0.00000256. The van der Waals surface area contributed by atoms with E-state index < -0.39 is 0 Å². The summed E-state index contributed by atoms with van der Waals surface area (Å²) in [5.74, 6) is 0.840. The lowest BCUT2D eigenvalue weighted by atomic mass is 10.1. The highest BCUT2D eigenvalue weighted by Crippen LogP contribution is 2.14. The van der Waals surface area contributed by atoms with Crippen LogP contribution in [0.2, 0.25) is 0 Å². The number of imidazole rings is 1. The average molecular weight is 531 g/mol. The van der Waals surface area contributed by atoms with Crippen LogP contribution < -0.4 is 10.6 Å². The number of thiophene rings is 1. The van der Waals surface area contributed by atoms with Gasteiger partial charge < -0.3 is 15.2 Å². The van der Waals surface area contributed by atoms with Crippen LogP contribution >= 0.6 is 35.3 Å². The highest BCUT2D eigenvalue weighted by atomic mass is 127. The van der Waals surface area contributed by atoms with Crippen molar-refractivity contribution >= 4 is 52.3 Å². The molecule has 7 heteroatoms. The van der Waals surface area contributed by atoms with Gasteiger partial charge in [0.2, 0.25) is 0 Å². The van der Waals surface area contributed by atoms with Crippen LogP contribution in [0.4, 0.5) is 0 Å². The first-order valence-electron chi connectivity index (χ1n) is 9.83. The van der Waals surface area contributed by atoms with Crippen LogP contribution in [0.15, 0.2) is 76.7 Å². The smallest absolute Gasteiger partial charge is 0.191 e. The summed E-state index contributed by atoms with van der Waals surface area (Å²) in [7, 11) is 0. The first kappa shape index (κ1) is 22.3. The highest BCUT2D eigenvalue weighted by Gasteiger charge is 2.03. The number of aromatic nitrogens is 2. The van der Waals surface area contributed by atoms with Gasteiger partial charge in [-0.15, -0.1) is 24.0 Å². The van der Waals surface area contributed by atoms with E-state index in [0.717, 1.165) is 36.6 Å². The van der Waals surface area contributed by atoms with E-state index in [-0.39, 0.29) is 24.0 Å². The fourth-order valence-corrected chi connectivity index (χ4v) is 3.84. The van der Waals surface area contributed by atoms with Gasteiger partial charge >= 0.3 is 0 Å². The molecule has 0 atom stereocenters. The monoisotopic (exact) mass is 531 g/mol. The molecule has 0 saturated carbocycles. The molecule has 2 aromatic heterocycles. The predicted octanol–water partition coefficient (Wildman–Crippen LogP) is 5.02. The van der Waals surface area contributed by atoms with Crippen molar-refractivity contribution in [3.63, 3.8) is 0 Å². The standard InChI is InChI=1S/C23H25N5S.HI/c1-2-24-23(26-14-20-11-12-29-16-20)25-13-18-7-9-19(10-8-18)15-28-17-27-21-5-3-4-6-22(21)28;/h3-12,16-17H,2,13-15H2,1H3,(H2,24,25,26);1H. The molecule has 156 valence electrons. The number of hydrogen-bond acceptors (Lipinski definition) is 3. The third-order valence-electron chi connectivity index (χ3n) is 4.71. The van der Waals surface area contributed by atoms with Gasteiger partial charge in [0.15, 0.2) is 5.96 Å². The number of aliphatic imine (C=N–C) groups is 1. The molecule has 0 radical (unpaired) electrons. The molecule has 4 rings (SSSR count). The van der Waals surface area contributed by atoms with E-state index in [1.165, 1.54) is 16.7 Å².